The van der Waals surface area contributed by atoms with Gasteiger partial charge < -0.3 is 20.0 Å². The molecule has 33 heavy (non-hydrogen) atoms. The molecule has 0 aliphatic carbocycles. The van der Waals surface area contributed by atoms with Crippen LogP contribution < -0.4 is 10.9 Å². The molecule has 0 amide bonds. The first-order valence-corrected chi connectivity index (χ1v) is 11.6. The zero-order valence-electron chi connectivity index (χ0n) is 17.5. The highest BCUT2D eigenvalue weighted by Crippen LogP contribution is 2.28. The molecule has 0 aliphatic rings. The van der Waals surface area contributed by atoms with Gasteiger partial charge in [0.15, 0.2) is 38.4 Å². The number of nitrogens with one attached hydrogen (secondary N) is 2. The second kappa shape index (κ2) is 9.85. The van der Waals surface area contributed by atoms with Gasteiger partial charge in [-0.2, -0.15) is 0 Å². The summed E-state index contributed by atoms with van der Waals surface area (Å²) in [7, 11) is 1.80. The van der Waals surface area contributed by atoms with E-state index < -0.39 is 17.2 Å². The van der Waals surface area contributed by atoms with E-state index in [9.17, 15) is 18.7 Å². The normalized spacial score (nSPS) is 12.3. The molecule has 9 nitrogen and oxygen atoms in total. The van der Waals surface area contributed by atoms with Crippen molar-refractivity contribution in [3.63, 3.8) is 0 Å². The largest absolute Gasteiger partial charge is 0.394 e. The highest BCUT2D eigenvalue weighted by molar-refractivity contribution is 7.99. The van der Waals surface area contributed by atoms with E-state index in [-0.39, 0.29) is 39.8 Å². The number of hydrogen-bond acceptors (Lipinski definition) is 9. The van der Waals surface area contributed by atoms with Crippen LogP contribution >= 0.6 is 23.5 Å². The van der Waals surface area contributed by atoms with Gasteiger partial charge in [0.25, 0.3) is 5.56 Å². The van der Waals surface area contributed by atoms with Crippen LogP contribution in [0.2, 0.25) is 0 Å². The van der Waals surface area contributed by atoms with Crippen molar-refractivity contribution in [2.75, 3.05) is 11.9 Å². The number of benzene rings is 1. The van der Waals surface area contributed by atoms with E-state index in [0.29, 0.717) is 16.5 Å². The van der Waals surface area contributed by atoms with Crippen LogP contribution in [0.1, 0.15) is 12.5 Å². The highest BCUT2D eigenvalue weighted by atomic mass is 32.2. The Labute approximate surface area is 195 Å². The molecule has 1 aromatic carbocycles. The van der Waals surface area contributed by atoms with E-state index in [1.807, 2.05) is 0 Å². The van der Waals surface area contributed by atoms with Crippen molar-refractivity contribution in [2.24, 2.45) is 7.05 Å². The Kier molecular flexibility index (Phi) is 6.91. The average Bonchev–Trinajstić information content (AvgIpc) is 3.19. The maximum atomic E-state index is 14.0. The standard InChI is InChI=1S/C20H19F2N7O2S2/c1-10(8-30)24-15-14-16(26-17(31)18(25-14)33-20-23-6-7-29(20)2)28-19(27-15)32-9-11-4-3-5-12(21)13(11)22/h3-7,10,30H,8-9H2,1-2H3,(H2,24,26,27,28,31). The highest BCUT2D eigenvalue weighted by Gasteiger charge is 2.17. The van der Waals surface area contributed by atoms with Gasteiger partial charge in [0, 0.05) is 36.8 Å². The van der Waals surface area contributed by atoms with Gasteiger partial charge in [0.1, 0.15) is 5.52 Å². The van der Waals surface area contributed by atoms with Crippen LogP contribution in [0.15, 0.2) is 50.7 Å². The molecule has 0 spiro atoms. The fourth-order valence-corrected chi connectivity index (χ4v) is 4.38. The second-order valence-corrected chi connectivity index (χ2v) is 8.97. The van der Waals surface area contributed by atoms with Crippen molar-refractivity contribution in [3.05, 3.63) is 58.1 Å². The van der Waals surface area contributed by atoms with Crippen LogP contribution in [0.4, 0.5) is 14.6 Å². The molecule has 13 heteroatoms. The molecule has 0 bridgehead atoms. The molecular formula is C20H19F2N7O2S2. The number of aromatic amines is 1. The Morgan fingerprint density at radius 2 is 2.09 bits per heavy atom. The van der Waals surface area contributed by atoms with Gasteiger partial charge in [-0.05, 0) is 24.8 Å². The Bertz CT molecular complexity index is 1360. The summed E-state index contributed by atoms with van der Waals surface area (Å²) >= 11 is 2.17. The molecule has 172 valence electrons. The summed E-state index contributed by atoms with van der Waals surface area (Å²) in [5, 5.41) is 13.5. The molecule has 1 atom stereocenters. The number of fused-ring (bicyclic) bond motifs is 1. The summed E-state index contributed by atoms with van der Waals surface area (Å²) in [4.78, 5) is 32.8. The molecule has 4 rings (SSSR count). The molecule has 1 unspecified atom stereocenters. The maximum absolute atomic E-state index is 14.0. The zero-order chi connectivity index (χ0) is 23.5. The summed E-state index contributed by atoms with van der Waals surface area (Å²) in [5.74, 6) is -1.49. The lowest BCUT2D eigenvalue weighted by Crippen LogP contribution is -2.22. The summed E-state index contributed by atoms with van der Waals surface area (Å²) in [6.45, 7) is 1.58. The fourth-order valence-electron chi connectivity index (χ4n) is 2.79. The zero-order valence-corrected chi connectivity index (χ0v) is 19.2. The van der Waals surface area contributed by atoms with E-state index in [1.54, 1.807) is 30.9 Å². The first-order chi connectivity index (χ1) is 15.9. The third-order valence-electron chi connectivity index (χ3n) is 4.51. The second-order valence-electron chi connectivity index (χ2n) is 7.08. The first-order valence-electron chi connectivity index (χ1n) is 9.76. The molecule has 0 fully saturated rings. The summed E-state index contributed by atoms with van der Waals surface area (Å²) in [5.41, 5.74) is 0.180. The number of aryl methyl sites for hydroxylation is 1. The van der Waals surface area contributed by atoms with Gasteiger partial charge in [-0.15, -0.1) is 0 Å². The van der Waals surface area contributed by atoms with Gasteiger partial charge in [-0.3, -0.25) is 4.79 Å². The van der Waals surface area contributed by atoms with Crippen molar-refractivity contribution in [1.29, 1.82) is 0 Å². The first kappa shape index (κ1) is 23.1. The van der Waals surface area contributed by atoms with Gasteiger partial charge in [0.05, 0.1) is 6.61 Å². The average molecular weight is 492 g/mol. The van der Waals surface area contributed by atoms with E-state index in [2.05, 4.69) is 30.2 Å². The van der Waals surface area contributed by atoms with Crippen molar-refractivity contribution in [2.45, 2.75) is 34.1 Å². The van der Waals surface area contributed by atoms with E-state index >= 15 is 0 Å². The van der Waals surface area contributed by atoms with E-state index in [0.717, 1.165) is 29.6 Å². The molecule has 0 aliphatic heterocycles. The lowest BCUT2D eigenvalue weighted by molar-refractivity contribution is 0.281. The minimum atomic E-state index is -0.932. The van der Waals surface area contributed by atoms with Crippen molar-refractivity contribution in [3.8, 4) is 0 Å². The molecule has 0 radical (unpaired) electrons. The predicted octanol–water partition coefficient (Wildman–Crippen LogP) is 2.96. The number of aliphatic hydroxyl groups is 1. The molecule has 0 saturated carbocycles. The van der Waals surface area contributed by atoms with Gasteiger partial charge >= 0.3 is 0 Å². The third kappa shape index (κ3) is 5.15. The number of rotatable bonds is 8. The minimum absolute atomic E-state index is 0.0782. The predicted molar refractivity (Wildman–Crippen MR) is 121 cm³/mol. The van der Waals surface area contributed by atoms with Gasteiger partial charge in [-0.25, -0.2) is 28.7 Å². The SMILES string of the molecule is CC(CO)Nc1nc(SCc2cccc(F)c2F)nc2[nH]c(=O)c(Sc3nccn3C)nc12. The topological polar surface area (TPSA) is 122 Å². The molecule has 3 aromatic heterocycles. The monoisotopic (exact) mass is 491 g/mol. The van der Waals surface area contributed by atoms with E-state index in [4.69, 9.17) is 0 Å². The number of aromatic nitrogens is 6. The molecule has 3 heterocycles. The number of hydrogen-bond donors (Lipinski definition) is 3. The number of thioether (sulfide) groups is 1. The molecular weight excluding hydrogens is 472 g/mol. The number of aliphatic hydroxyl groups excluding tert-OH is 1. The fraction of sp³-hybridized carbons (Fsp3) is 0.250. The lowest BCUT2D eigenvalue weighted by Gasteiger charge is -2.14. The smallest absolute Gasteiger partial charge is 0.282 e. The number of halogens is 2. The number of H-pyrrole nitrogens is 1. The summed E-state index contributed by atoms with van der Waals surface area (Å²) in [6, 6.07) is 3.59. The third-order valence-corrected chi connectivity index (χ3v) is 6.46. The summed E-state index contributed by atoms with van der Waals surface area (Å²) < 4.78 is 29.3. The van der Waals surface area contributed by atoms with Crippen LogP contribution in [-0.2, 0) is 12.8 Å². The number of anilines is 1. The maximum Gasteiger partial charge on any atom is 0.282 e. The lowest BCUT2D eigenvalue weighted by atomic mass is 10.2. The quantitative estimate of drug-likeness (QED) is 0.252. The van der Waals surface area contributed by atoms with Crippen LogP contribution in [0, 0.1) is 11.6 Å². The van der Waals surface area contributed by atoms with Gasteiger partial charge in [0.2, 0.25) is 0 Å². The van der Waals surface area contributed by atoms with E-state index in [1.165, 1.54) is 12.1 Å². The van der Waals surface area contributed by atoms with Crippen molar-refractivity contribution < 1.29 is 13.9 Å². The molecule has 4 aromatic rings. The Morgan fingerprint density at radius 3 is 2.82 bits per heavy atom. The molecule has 0 saturated heterocycles. The van der Waals surface area contributed by atoms with Crippen LogP contribution in [0.3, 0.4) is 0 Å². The number of nitrogens with zero attached hydrogens (tertiary/aromatic N) is 5. The van der Waals surface area contributed by atoms with Gasteiger partial charge in [-0.1, -0.05) is 23.9 Å². The Hall–Kier alpha value is -3.03. The Balaban J connectivity index is 1.72. The van der Waals surface area contributed by atoms with Crippen molar-refractivity contribution in [1.82, 2.24) is 29.5 Å². The minimum Gasteiger partial charge on any atom is -0.394 e. The van der Waals surface area contributed by atoms with Crippen LogP contribution in [-0.4, -0.2) is 47.2 Å². The van der Waals surface area contributed by atoms with Crippen LogP contribution in [0.5, 0.6) is 0 Å². The van der Waals surface area contributed by atoms with Crippen LogP contribution in [0.25, 0.3) is 11.2 Å². The number of imidazole rings is 1. The molecule has 3 N–H and O–H groups in total. The summed E-state index contributed by atoms with van der Waals surface area (Å²) in [6.07, 6.45) is 3.36. The van der Waals surface area contributed by atoms with Crippen molar-refractivity contribution >= 4 is 40.5 Å². The Morgan fingerprint density at radius 1 is 1.27 bits per heavy atom.